The van der Waals surface area contributed by atoms with Crippen molar-refractivity contribution in [1.82, 2.24) is 21.3 Å². The molecule has 0 spiro atoms. The molecule has 0 aliphatic rings. The number of nitrogens with two attached hydrogens (primary N) is 1. The van der Waals surface area contributed by atoms with Gasteiger partial charge in [0.2, 0.25) is 0 Å². The van der Waals surface area contributed by atoms with Crippen molar-refractivity contribution in [3.63, 3.8) is 0 Å². The van der Waals surface area contributed by atoms with E-state index in [0.29, 0.717) is 0 Å². The Morgan fingerprint density at radius 3 is 1.00 bits per heavy atom. The predicted octanol–water partition coefficient (Wildman–Crippen LogP) is 2.86. The molecular formula is C21H51N5. The zero-order valence-electron chi connectivity index (χ0n) is 18.3. The van der Waals surface area contributed by atoms with Crippen LogP contribution in [-0.4, -0.2) is 58.9 Å². The molecule has 0 bridgehead atoms. The van der Waals surface area contributed by atoms with Gasteiger partial charge in [0.25, 0.3) is 0 Å². The molecule has 0 aliphatic heterocycles. The lowest BCUT2D eigenvalue weighted by molar-refractivity contribution is 0.540. The average molecular weight is 374 g/mol. The number of hydrogen-bond donors (Lipinski definition) is 5. The van der Waals surface area contributed by atoms with Gasteiger partial charge < -0.3 is 27.0 Å². The van der Waals surface area contributed by atoms with Crippen molar-refractivity contribution in [2.24, 2.45) is 5.73 Å². The lowest BCUT2D eigenvalue weighted by Gasteiger charge is -2.07. The van der Waals surface area contributed by atoms with Gasteiger partial charge in [-0.3, -0.25) is 0 Å². The van der Waals surface area contributed by atoms with Crippen LogP contribution >= 0.6 is 0 Å². The molecule has 0 fully saturated rings. The molecule has 5 nitrogen and oxygen atoms in total. The van der Waals surface area contributed by atoms with E-state index in [1.807, 2.05) is 0 Å². The summed E-state index contributed by atoms with van der Waals surface area (Å²) in [6.07, 6.45) is 11.3. The zero-order valence-corrected chi connectivity index (χ0v) is 18.3. The normalized spacial score (nSPS) is 10.6. The van der Waals surface area contributed by atoms with Gasteiger partial charge in [-0.2, -0.15) is 0 Å². The van der Waals surface area contributed by atoms with Crippen molar-refractivity contribution in [2.45, 2.75) is 78.6 Å². The first-order valence-electron chi connectivity index (χ1n) is 11.4. The van der Waals surface area contributed by atoms with Gasteiger partial charge in [0.05, 0.1) is 0 Å². The van der Waals surface area contributed by atoms with E-state index in [9.17, 15) is 0 Å². The number of unbranched alkanes of at least 4 members (excludes halogenated alkanes) is 4. The quantitative estimate of drug-likeness (QED) is 0.212. The van der Waals surface area contributed by atoms with Crippen LogP contribution in [0.4, 0.5) is 0 Å². The molecule has 6 N–H and O–H groups in total. The minimum absolute atomic E-state index is 0.817. The third kappa shape index (κ3) is 31.6. The molecule has 0 heterocycles. The third-order valence-electron chi connectivity index (χ3n) is 3.93. The first kappa shape index (κ1) is 28.0. The largest absolute Gasteiger partial charge is 0.330 e. The monoisotopic (exact) mass is 373 g/mol. The lowest BCUT2D eigenvalue weighted by Crippen LogP contribution is -2.22. The van der Waals surface area contributed by atoms with Crippen LogP contribution in [0.2, 0.25) is 0 Å². The number of hydrogen-bond acceptors (Lipinski definition) is 5. The Morgan fingerprint density at radius 1 is 0.462 bits per heavy atom. The van der Waals surface area contributed by atoms with Crippen LogP contribution in [0.1, 0.15) is 78.6 Å². The van der Waals surface area contributed by atoms with Crippen molar-refractivity contribution < 1.29 is 0 Å². The highest BCUT2D eigenvalue weighted by Gasteiger charge is 1.92. The van der Waals surface area contributed by atoms with Crippen LogP contribution in [0, 0.1) is 0 Å². The summed E-state index contributed by atoms with van der Waals surface area (Å²) in [4.78, 5) is 0. The molecule has 0 rings (SSSR count). The predicted molar refractivity (Wildman–Crippen MR) is 119 cm³/mol. The van der Waals surface area contributed by atoms with Gasteiger partial charge in [0.1, 0.15) is 0 Å². The summed E-state index contributed by atoms with van der Waals surface area (Å²) in [5.41, 5.74) is 5.46. The van der Waals surface area contributed by atoms with Crippen LogP contribution in [-0.2, 0) is 0 Å². The highest BCUT2D eigenvalue weighted by atomic mass is 14.9. The van der Waals surface area contributed by atoms with Gasteiger partial charge in [-0.15, -0.1) is 0 Å². The van der Waals surface area contributed by atoms with Crippen molar-refractivity contribution in [2.75, 3.05) is 58.9 Å². The second kappa shape index (κ2) is 29.6. The number of nitrogens with one attached hydrogen (secondary N) is 4. The second-order valence-electron chi connectivity index (χ2n) is 6.93. The van der Waals surface area contributed by atoms with Crippen LogP contribution < -0.4 is 27.0 Å². The van der Waals surface area contributed by atoms with Crippen molar-refractivity contribution in [3.8, 4) is 0 Å². The fraction of sp³-hybridized carbons (Fsp3) is 1.00. The third-order valence-corrected chi connectivity index (χ3v) is 3.93. The Morgan fingerprint density at radius 2 is 0.731 bits per heavy atom. The van der Waals surface area contributed by atoms with Gasteiger partial charge in [-0.1, -0.05) is 27.2 Å². The Hall–Kier alpha value is -0.200. The molecule has 160 valence electrons. The molecule has 0 aliphatic carbocycles. The smallest absolute Gasteiger partial charge is 0.00484 e. The minimum Gasteiger partial charge on any atom is -0.330 e. The second-order valence-corrected chi connectivity index (χ2v) is 6.93. The summed E-state index contributed by atoms with van der Waals surface area (Å²) in [6, 6.07) is 0. The summed E-state index contributed by atoms with van der Waals surface area (Å²) in [5, 5.41) is 13.9. The molecule has 0 aromatic rings. The maximum absolute atomic E-state index is 5.46. The number of rotatable bonds is 20. The van der Waals surface area contributed by atoms with Crippen molar-refractivity contribution in [1.29, 1.82) is 0 Å². The molecule has 0 aromatic carbocycles. The summed E-state index contributed by atoms with van der Waals surface area (Å²) in [6.45, 7) is 16.4. The van der Waals surface area contributed by atoms with E-state index in [2.05, 4.69) is 42.0 Å². The SMILES string of the molecule is CCC.CCNCCCCNCCCCNCCCCNCCCCN. The highest BCUT2D eigenvalue weighted by molar-refractivity contribution is 4.55. The van der Waals surface area contributed by atoms with E-state index in [1.165, 1.54) is 51.4 Å². The van der Waals surface area contributed by atoms with E-state index < -0.39 is 0 Å². The molecule has 0 saturated heterocycles. The fourth-order valence-electron chi connectivity index (χ4n) is 2.45. The fourth-order valence-corrected chi connectivity index (χ4v) is 2.45. The highest BCUT2D eigenvalue weighted by Crippen LogP contribution is 1.90. The zero-order chi connectivity index (χ0) is 19.6. The van der Waals surface area contributed by atoms with E-state index in [4.69, 9.17) is 5.73 Å². The van der Waals surface area contributed by atoms with Gasteiger partial charge >= 0.3 is 0 Å². The molecule has 0 atom stereocenters. The summed E-state index contributed by atoms with van der Waals surface area (Å²) in [5.74, 6) is 0. The molecule has 0 aromatic heterocycles. The Bertz CT molecular complexity index is 195. The minimum atomic E-state index is 0.817. The summed E-state index contributed by atoms with van der Waals surface area (Å²) >= 11 is 0. The molecule has 5 heteroatoms. The van der Waals surface area contributed by atoms with E-state index in [1.54, 1.807) is 0 Å². The van der Waals surface area contributed by atoms with Gasteiger partial charge in [0, 0.05) is 0 Å². The Labute approximate surface area is 165 Å². The summed E-state index contributed by atoms with van der Waals surface area (Å²) in [7, 11) is 0. The van der Waals surface area contributed by atoms with Crippen LogP contribution in [0.3, 0.4) is 0 Å². The molecule has 0 saturated carbocycles. The standard InChI is InChI=1S/C18H43N5.C3H8/c1-2-20-12-5-6-14-22-16-9-10-18-23-17-8-7-15-21-13-4-3-11-19;1-3-2/h20-23H,2-19H2,1H3;3H2,1-2H3. The first-order valence-corrected chi connectivity index (χ1v) is 11.4. The molecule has 26 heavy (non-hydrogen) atoms. The topological polar surface area (TPSA) is 74.1 Å². The molecule has 0 amide bonds. The van der Waals surface area contributed by atoms with Crippen LogP contribution in [0.25, 0.3) is 0 Å². The van der Waals surface area contributed by atoms with E-state index in [-0.39, 0.29) is 0 Å². The summed E-state index contributed by atoms with van der Waals surface area (Å²) < 4.78 is 0. The maximum Gasteiger partial charge on any atom is -0.00484 e. The lowest BCUT2D eigenvalue weighted by atomic mass is 10.2. The Kier molecular flexibility index (Phi) is 31.8. The van der Waals surface area contributed by atoms with E-state index in [0.717, 1.165) is 65.3 Å². The first-order chi connectivity index (χ1) is 12.8. The Balaban J connectivity index is 0. The van der Waals surface area contributed by atoms with Gasteiger partial charge in [-0.25, -0.2) is 0 Å². The molecule has 0 radical (unpaired) electrons. The average Bonchev–Trinajstić information content (AvgIpc) is 2.64. The van der Waals surface area contributed by atoms with Crippen molar-refractivity contribution >= 4 is 0 Å². The maximum atomic E-state index is 5.46. The molecular weight excluding hydrogens is 322 g/mol. The molecule has 0 unspecified atom stereocenters. The van der Waals surface area contributed by atoms with E-state index >= 15 is 0 Å². The van der Waals surface area contributed by atoms with Crippen LogP contribution in [0.5, 0.6) is 0 Å². The van der Waals surface area contributed by atoms with Gasteiger partial charge in [-0.05, 0) is 110 Å². The van der Waals surface area contributed by atoms with Crippen molar-refractivity contribution in [3.05, 3.63) is 0 Å². The van der Waals surface area contributed by atoms with Crippen LogP contribution in [0.15, 0.2) is 0 Å². The van der Waals surface area contributed by atoms with Gasteiger partial charge in [0.15, 0.2) is 0 Å².